The van der Waals surface area contributed by atoms with Gasteiger partial charge in [0.15, 0.2) is 0 Å². The van der Waals surface area contributed by atoms with E-state index in [0.717, 1.165) is 43.5 Å². The molecule has 0 aromatic carbocycles. The van der Waals surface area contributed by atoms with Crippen molar-refractivity contribution < 1.29 is 4.79 Å². The summed E-state index contributed by atoms with van der Waals surface area (Å²) in [5.74, 6) is 1.88. The standard InChI is InChI=1S/C18H25N5OS/c1-13-11-17(21-15(3)19-13)23-8-6-22(7-9-23)12-18(24)20-14(2)16-5-4-10-25-16/h4-5,10-11,14H,6-9,12H2,1-3H3,(H,20,24). The van der Waals surface area contributed by atoms with Gasteiger partial charge in [-0.05, 0) is 32.2 Å². The molecule has 1 amide bonds. The second kappa shape index (κ2) is 7.93. The van der Waals surface area contributed by atoms with Gasteiger partial charge in [0.2, 0.25) is 5.91 Å². The van der Waals surface area contributed by atoms with Gasteiger partial charge in [0.25, 0.3) is 0 Å². The highest BCUT2D eigenvalue weighted by Crippen LogP contribution is 2.18. The van der Waals surface area contributed by atoms with Gasteiger partial charge in [-0.3, -0.25) is 9.69 Å². The lowest BCUT2D eigenvalue weighted by Gasteiger charge is -2.35. The van der Waals surface area contributed by atoms with E-state index in [9.17, 15) is 4.79 Å². The first-order valence-electron chi connectivity index (χ1n) is 8.63. The van der Waals surface area contributed by atoms with Gasteiger partial charge < -0.3 is 10.2 Å². The summed E-state index contributed by atoms with van der Waals surface area (Å²) in [5.41, 5.74) is 0.992. The Morgan fingerprint density at radius 2 is 2.04 bits per heavy atom. The molecule has 3 heterocycles. The summed E-state index contributed by atoms with van der Waals surface area (Å²) in [6.07, 6.45) is 0. The van der Waals surface area contributed by atoms with E-state index in [0.29, 0.717) is 6.54 Å². The predicted octanol–water partition coefficient (Wildman–Crippen LogP) is 2.15. The molecule has 0 saturated carbocycles. The molecule has 1 atom stereocenters. The summed E-state index contributed by atoms with van der Waals surface area (Å²) in [5, 5.41) is 5.12. The van der Waals surface area contributed by atoms with Crippen molar-refractivity contribution in [3.05, 3.63) is 40.0 Å². The number of anilines is 1. The van der Waals surface area contributed by atoms with Crippen LogP contribution in [0, 0.1) is 13.8 Å². The summed E-state index contributed by atoms with van der Waals surface area (Å²) in [7, 11) is 0. The summed E-state index contributed by atoms with van der Waals surface area (Å²) >= 11 is 1.67. The van der Waals surface area contributed by atoms with Gasteiger partial charge in [0.05, 0.1) is 12.6 Å². The van der Waals surface area contributed by atoms with Gasteiger partial charge in [-0.15, -0.1) is 11.3 Å². The van der Waals surface area contributed by atoms with Gasteiger partial charge >= 0.3 is 0 Å². The number of amides is 1. The number of thiophene rings is 1. The molecule has 0 radical (unpaired) electrons. The Kier molecular flexibility index (Phi) is 5.65. The first kappa shape index (κ1) is 17.8. The molecule has 6 nitrogen and oxygen atoms in total. The summed E-state index contributed by atoms with van der Waals surface area (Å²) < 4.78 is 0. The van der Waals surface area contributed by atoms with Crippen LogP contribution in [0.25, 0.3) is 0 Å². The second-order valence-electron chi connectivity index (χ2n) is 6.48. The van der Waals surface area contributed by atoms with Gasteiger partial charge in [-0.1, -0.05) is 6.07 Å². The Labute approximate surface area is 152 Å². The fourth-order valence-corrected chi connectivity index (χ4v) is 3.83. The second-order valence-corrected chi connectivity index (χ2v) is 7.46. The summed E-state index contributed by atoms with van der Waals surface area (Å²) in [6, 6.07) is 6.16. The smallest absolute Gasteiger partial charge is 0.234 e. The van der Waals surface area contributed by atoms with Gasteiger partial charge in [-0.25, -0.2) is 9.97 Å². The molecule has 134 valence electrons. The van der Waals surface area contributed by atoms with Crippen LogP contribution in [-0.2, 0) is 4.79 Å². The molecule has 1 aliphatic rings. The third-order valence-electron chi connectivity index (χ3n) is 4.36. The molecular formula is C18H25N5OS. The van der Waals surface area contributed by atoms with Crippen molar-refractivity contribution in [1.29, 1.82) is 0 Å². The van der Waals surface area contributed by atoms with Crippen LogP contribution in [0.5, 0.6) is 0 Å². The fourth-order valence-electron chi connectivity index (χ4n) is 3.09. The molecule has 0 aliphatic carbocycles. The van der Waals surface area contributed by atoms with Crippen LogP contribution < -0.4 is 10.2 Å². The van der Waals surface area contributed by atoms with Crippen LogP contribution in [-0.4, -0.2) is 53.5 Å². The number of aromatic nitrogens is 2. The van der Waals surface area contributed by atoms with Crippen molar-refractivity contribution in [3.8, 4) is 0 Å². The quantitative estimate of drug-likeness (QED) is 0.886. The molecule has 1 fully saturated rings. The first-order chi connectivity index (χ1) is 12.0. The molecule has 1 saturated heterocycles. The Morgan fingerprint density at radius 1 is 1.28 bits per heavy atom. The van der Waals surface area contributed by atoms with Gasteiger partial charge in [0, 0.05) is 42.8 Å². The minimum atomic E-state index is 0.0701. The minimum absolute atomic E-state index is 0.0701. The molecule has 1 unspecified atom stereocenters. The SMILES string of the molecule is Cc1cc(N2CCN(CC(=O)NC(C)c3cccs3)CC2)nc(C)n1. The maximum absolute atomic E-state index is 12.3. The van der Waals surface area contributed by atoms with E-state index in [2.05, 4.69) is 31.2 Å². The minimum Gasteiger partial charge on any atom is -0.354 e. The molecule has 7 heteroatoms. The van der Waals surface area contributed by atoms with Crippen LogP contribution in [0.4, 0.5) is 5.82 Å². The number of rotatable bonds is 5. The van der Waals surface area contributed by atoms with E-state index in [1.807, 2.05) is 38.3 Å². The highest BCUT2D eigenvalue weighted by Gasteiger charge is 2.21. The number of carbonyl (C=O) groups excluding carboxylic acids is 1. The predicted molar refractivity (Wildman–Crippen MR) is 101 cm³/mol. The third kappa shape index (κ3) is 4.76. The lowest BCUT2D eigenvalue weighted by molar-refractivity contribution is -0.122. The normalized spacial score (nSPS) is 16.7. The number of carbonyl (C=O) groups is 1. The molecular weight excluding hydrogens is 334 g/mol. The third-order valence-corrected chi connectivity index (χ3v) is 5.42. The fraction of sp³-hybridized carbons (Fsp3) is 0.500. The van der Waals surface area contributed by atoms with E-state index in [1.54, 1.807) is 11.3 Å². The number of hydrogen-bond acceptors (Lipinski definition) is 6. The lowest BCUT2D eigenvalue weighted by Crippen LogP contribution is -2.50. The zero-order valence-electron chi connectivity index (χ0n) is 15.0. The molecule has 0 spiro atoms. The van der Waals surface area contributed by atoms with E-state index < -0.39 is 0 Å². The first-order valence-corrected chi connectivity index (χ1v) is 9.51. The van der Waals surface area contributed by atoms with E-state index in [1.165, 1.54) is 4.88 Å². The molecule has 1 aliphatic heterocycles. The summed E-state index contributed by atoms with van der Waals surface area (Å²) in [4.78, 5) is 26.8. The highest BCUT2D eigenvalue weighted by atomic mass is 32.1. The molecule has 1 N–H and O–H groups in total. The van der Waals surface area contributed by atoms with E-state index >= 15 is 0 Å². The largest absolute Gasteiger partial charge is 0.354 e. The summed E-state index contributed by atoms with van der Waals surface area (Å²) in [6.45, 7) is 9.88. The van der Waals surface area contributed by atoms with Crippen molar-refractivity contribution in [2.75, 3.05) is 37.6 Å². The average Bonchev–Trinajstić information content (AvgIpc) is 3.09. The zero-order valence-corrected chi connectivity index (χ0v) is 15.8. The van der Waals surface area contributed by atoms with Gasteiger partial charge in [0.1, 0.15) is 11.6 Å². The Bertz CT molecular complexity index is 690. The van der Waals surface area contributed by atoms with Crippen LogP contribution in [0.1, 0.15) is 29.4 Å². The van der Waals surface area contributed by atoms with Crippen LogP contribution in [0.3, 0.4) is 0 Å². The zero-order chi connectivity index (χ0) is 17.8. The van der Waals surface area contributed by atoms with Gasteiger partial charge in [-0.2, -0.15) is 0 Å². The number of piperazine rings is 1. The van der Waals surface area contributed by atoms with Crippen molar-refractivity contribution in [2.45, 2.75) is 26.8 Å². The lowest BCUT2D eigenvalue weighted by atomic mass is 10.2. The molecule has 2 aromatic rings. The monoisotopic (exact) mass is 359 g/mol. The van der Waals surface area contributed by atoms with Crippen LogP contribution >= 0.6 is 11.3 Å². The number of nitrogens with one attached hydrogen (secondary N) is 1. The molecule has 2 aromatic heterocycles. The number of aryl methyl sites for hydroxylation is 2. The van der Waals surface area contributed by atoms with Crippen molar-refractivity contribution in [1.82, 2.24) is 20.2 Å². The topological polar surface area (TPSA) is 61.4 Å². The van der Waals surface area contributed by atoms with Crippen LogP contribution in [0.2, 0.25) is 0 Å². The molecule has 3 rings (SSSR count). The van der Waals surface area contributed by atoms with E-state index in [-0.39, 0.29) is 11.9 Å². The molecule has 25 heavy (non-hydrogen) atoms. The maximum Gasteiger partial charge on any atom is 0.234 e. The number of nitrogens with zero attached hydrogens (tertiary/aromatic N) is 4. The Hall–Kier alpha value is -1.99. The maximum atomic E-state index is 12.3. The molecule has 0 bridgehead atoms. The van der Waals surface area contributed by atoms with Crippen LogP contribution in [0.15, 0.2) is 23.6 Å². The van der Waals surface area contributed by atoms with Crippen molar-refractivity contribution in [2.24, 2.45) is 0 Å². The van der Waals surface area contributed by atoms with Crippen molar-refractivity contribution in [3.63, 3.8) is 0 Å². The average molecular weight is 359 g/mol. The highest BCUT2D eigenvalue weighted by molar-refractivity contribution is 7.10. The van der Waals surface area contributed by atoms with E-state index in [4.69, 9.17) is 0 Å². The van der Waals surface area contributed by atoms with Crippen molar-refractivity contribution >= 4 is 23.1 Å². The Morgan fingerprint density at radius 3 is 2.68 bits per heavy atom. The number of hydrogen-bond donors (Lipinski definition) is 1. The Balaban J connectivity index is 1.48.